The fraction of sp³-hybridized carbons (Fsp3) is 0.476. The monoisotopic (exact) mass is 448 g/mol. The number of nitrogens with one attached hydrogen (secondary N) is 2. The van der Waals surface area contributed by atoms with E-state index < -0.39 is 6.10 Å². The number of hydrogen-bond acceptors (Lipinski definition) is 8. The Morgan fingerprint density at radius 1 is 1.03 bits per heavy atom. The first-order chi connectivity index (χ1) is 14.6. The van der Waals surface area contributed by atoms with Crippen LogP contribution in [0.25, 0.3) is 11.0 Å². The lowest BCUT2D eigenvalue weighted by atomic mass is 10.1. The summed E-state index contributed by atoms with van der Waals surface area (Å²) in [6, 6.07) is 2.81. The van der Waals surface area contributed by atoms with E-state index in [0.29, 0.717) is 29.4 Å². The Balaban J connectivity index is 2.11. The Labute approximate surface area is 186 Å². The zero-order valence-electron chi connectivity index (χ0n) is 18.3. The van der Waals surface area contributed by atoms with E-state index in [-0.39, 0.29) is 35.0 Å². The first kappa shape index (κ1) is 22.9. The van der Waals surface area contributed by atoms with Gasteiger partial charge in [0.05, 0.1) is 17.4 Å². The van der Waals surface area contributed by atoms with Crippen molar-refractivity contribution in [1.29, 1.82) is 0 Å². The Bertz CT molecular complexity index is 1060. The number of phenolic OH excluding ortho intramolecular Hbond substituents is 2. The second kappa shape index (κ2) is 9.15. The van der Waals surface area contributed by atoms with Crippen LogP contribution in [0.5, 0.6) is 11.5 Å². The van der Waals surface area contributed by atoms with Crippen molar-refractivity contribution in [2.24, 2.45) is 0 Å². The van der Waals surface area contributed by atoms with E-state index in [4.69, 9.17) is 16.7 Å². The molecule has 0 radical (unpaired) electrons. The maximum atomic E-state index is 10.2. The van der Waals surface area contributed by atoms with Gasteiger partial charge in [-0.3, -0.25) is 4.68 Å². The molecule has 0 spiro atoms. The molecule has 2 heterocycles. The molecule has 0 aliphatic carbocycles. The zero-order valence-corrected chi connectivity index (χ0v) is 19.1. The van der Waals surface area contributed by atoms with E-state index in [1.54, 1.807) is 6.92 Å². The molecule has 0 aliphatic heterocycles. The summed E-state index contributed by atoms with van der Waals surface area (Å²) in [5.74, 6) is 0.760. The molecule has 0 saturated heterocycles. The molecule has 3 aromatic rings. The van der Waals surface area contributed by atoms with E-state index in [0.717, 1.165) is 11.2 Å². The molecule has 1 aromatic carbocycles. The number of nitrogens with zero attached hydrogens (tertiary/aromatic N) is 4. The molecule has 0 saturated carbocycles. The largest absolute Gasteiger partial charge is 0.507 e. The molecule has 0 amide bonds. The SMILES string of the molecule is CC(O)CNc1nc(NCc2c(O)cc(Cl)cc2O)c2c(n1)c(C(C)C)nn2C(C)C. The Morgan fingerprint density at radius 2 is 1.68 bits per heavy atom. The molecule has 168 valence electrons. The van der Waals surface area contributed by atoms with Crippen molar-refractivity contribution < 1.29 is 15.3 Å². The lowest BCUT2D eigenvalue weighted by Gasteiger charge is -2.15. The maximum Gasteiger partial charge on any atom is 0.225 e. The van der Waals surface area contributed by atoms with Crippen molar-refractivity contribution in [2.75, 3.05) is 17.2 Å². The summed E-state index contributed by atoms with van der Waals surface area (Å²) in [7, 11) is 0. The minimum atomic E-state index is -0.568. The van der Waals surface area contributed by atoms with Gasteiger partial charge in [0.15, 0.2) is 5.82 Å². The van der Waals surface area contributed by atoms with E-state index in [2.05, 4.69) is 20.6 Å². The number of aromatic nitrogens is 4. The third-order valence-corrected chi connectivity index (χ3v) is 4.98. The molecule has 1 atom stereocenters. The number of aliphatic hydroxyl groups is 1. The molecule has 3 rings (SSSR count). The highest BCUT2D eigenvalue weighted by molar-refractivity contribution is 6.30. The van der Waals surface area contributed by atoms with Gasteiger partial charge in [-0.1, -0.05) is 25.4 Å². The van der Waals surface area contributed by atoms with Gasteiger partial charge in [-0.2, -0.15) is 10.1 Å². The molecule has 31 heavy (non-hydrogen) atoms. The van der Waals surface area contributed by atoms with Gasteiger partial charge in [0.1, 0.15) is 22.5 Å². The minimum Gasteiger partial charge on any atom is -0.507 e. The summed E-state index contributed by atoms with van der Waals surface area (Å²) >= 11 is 5.89. The Morgan fingerprint density at radius 3 is 2.23 bits per heavy atom. The van der Waals surface area contributed by atoms with Crippen LogP contribution < -0.4 is 10.6 Å². The summed E-state index contributed by atoms with van der Waals surface area (Å²) in [6.07, 6.45) is -0.568. The van der Waals surface area contributed by atoms with Gasteiger partial charge in [-0.05, 0) is 38.8 Å². The van der Waals surface area contributed by atoms with Crippen LogP contribution in [-0.2, 0) is 6.54 Å². The number of phenols is 2. The lowest BCUT2D eigenvalue weighted by molar-refractivity contribution is 0.208. The summed E-state index contributed by atoms with van der Waals surface area (Å²) in [5, 5.41) is 41.3. The maximum absolute atomic E-state index is 10.2. The van der Waals surface area contributed by atoms with Gasteiger partial charge in [-0.15, -0.1) is 0 Å². The number of anilines is 2. The average molecular weight is 449 g/mol. The molecule has 10 heteroatoms. The summed E-state index contributed by atoms with van der Waals surface area (Å²) < 4.78 is 1.87. The molecule has 0 fully saturated rings. The van der Waals surface area contributed by atoms with Crippen LogP contribution in [0.15, 0.2) is 12.1 Å². The van der Waals surface area contributed by atoms with E-state index in [9.17, 15) is 15.3 Å². The topological polar surface area (TPSA) is 128 Å². The first-order valence-electron chi connectivity index (χ1n) is 10.2. The quantitative estimate of drug-likeness (QED) is 0.349. The first-order valence-corrected chi connectivity index (χ1v) is 10.6. The van der Waals surface area contributed by atoms with Gasteiger partial charge in [0, 0.05) is 24.2 Å². The number of fused-ring (bicyclic) bond motifs is 1. The normalized spacial score (nSPS) is 12.7. The van der Waals surface area contributed by atoms with Crippen molar-refractivity contribution in [1.82, 2.24) is 19.7 Å². The van der Waals surface area contributed by atoms with Crippen LogP contribution in [0, 0.1) is 0 Å². The predicted molar refractivity (Wildman–Crippen MR) is 122 cm³/mol. The molecule has 9 nitrogen and oxygen atoms in total. The molecule has 5 N–H and O–H groups in total. The smallest absolute Gasteiger partial charge is 0.225 e. The Hall–Kier alpha value is -2.78. The van der Waals surface area contributed by atoms with Crippen molar-refractivity contribution in [3.8, 4) is 11.5 Å². The van der Waals surface area contributed by atoms with Gasteiger partial charge in [0.25, 0.3) is 0 Å². The van der Waals surface area contributed by atoms with E-state index in [1.165, 1.54) is 12.1 Å². The minimum absolute atomic E-state index is 0.0627. The average Bonchev–Trinajstić information content (AvgIpc) is 3.05. The molecule has 0 bridgehead atoms. The third-order valence-electron chi connectivity index (χ3n) is 4.76. The second-order valence-corrected chi connectivity index (χ2v) is 8.61. The van der Waals surface area contributed by atoms with Crippen LogP contribution >= 0.6 is 11.6 Å². The number of aliphatic hydroxyl groups excluding tert-OH is 1. The lowest BCUT2D eigenvalue weighted by Crippen LogP contribution is -2.18. The van der Waals surface area contributed by atoms with Gasteiger partial charge in [-0.25, -0.2) is 4.98 Å². The standard InChI is InChI=1S/C21H29ClN6O3/c1-10(2)17-18-19(28(27-17)11(3)4)20(26-21(25-18)24-8-12(5)29)23-9-14-15(30)6-13(22)7-16(14)31/h6-7,10-12,29-31H,8-9H2,1-5H3,(H2,23,24,25,26). The van der Waals surface area contributed by atoms with Crippen LogP contribution in [0.1, 0.15) is 57.8 Å². The summed E-state index contributed by atoms with van der Waals surface area (Å²) in [4.78, 5) is 9.25. The fourth-order valence-corrected chi connectivity index (χ4v) is 3.44. The van der Waals surface area contributed by atoms with Crippen LogP contribution in [0.2, 0.25) is 5.02 Å². The van der Waals surface area contributed by atoms with Crippen molar-refractivity contribution in [2.45, 2.75) is 59.2 Å². The number of aromatic hydroxyl groups is 2. The van der Waals surface area contributed by atoms with Gasteiger partial charge in [0.2, 0.25) is 5.95 Å². The summed E-state index contributed by atoms with van der Waals surface area (Å²) in [5.41, 5.74) is 2.58. The highest BCUT2D eigenvalue weighted by atomic mass is 35.5. The highest BCUT2D eigenvalue weighted by Gasteiger charge is 2.22. The van der Waals surface area contributed by atoms with Crippen molar-refractivity contribution >= 4 is 34.4 Å². The molecular weight excluding hydrogens is 420 g/mol. The van der Waals surface area contributed by atoms with Crippen LogP contribution in [0.4, 0.5) is 11.8 Å². The molecule has 0 aliphatic rings. The van der Waals surface area contributed by atoms with Gasteiger partial charge >= 0.3 is 0 Å². The number of hydrogen-bond donors (Lipinski definition) is 5. The fourth-order valence-electron chi connectivity index (χ4n) is 3.23. The zero-order chi connectivity index (χ0) is 22.9. The van der Waals surface area contributed by atoms with Crippen molar-refractivity contribution in [3.05, 3.63) is 28.4 Å². The van der Waals surface area contributed by atoms with E-state index >= 15 is 0 Å². The number of rotatable bonds is 8. The number of halogens is 1. The molecule has 1 unspecified atom stereocenters. The molecular formula is C21H29ClN6O3. The van der Waals surface area contributed by atoms with Gasteiger partial charge < -0.3 is 26.0 Å². The van der Waals surface area contributed by atoms with Crippen LogP contribution in [0.3, 0.4) is 0 Å². The highest BCUT2D eigenvalue weighted by Crippen LogP contribution is 2.34. The summed E-state index contributed by atoms with van der Waals surface area (Å²) in [6.45, 7) is 10.2. The number of benzene rings is 1. The van der Waals surface area contributed by atoms with E-state index in [1.807, 2.05) is 32.4 Å². The predicted octanol–water partition coefficient (Wildman–Crippen LogP) is 4.00. The van der Waals surface area contributed by atoms with Crippen molar-refractivity contribution in [3.63, 3.8) is 0 Å². The molecule has 2 aromatic heterocycles. The second-order valence-electron chi connectivity index (χ2n) is 8.18. The third kappa shape index (κ3) is 4.94. The van der Waals surface area contributed by atoms with Crippen LogP contribution in [-0.4, -0.2) is 47.7 Å². The Kier molecular flexibility index (Phi) is 6.76.